The fourth-order valence-corrected chi connectivity index (χ4v) is 6.23. The second-order valence-corrected chi connectivity index (χ2v) is 10.6. The summed E-state index contributed by atoms with van der Waals surface area (Å²) in [5.41, 5.74) is 8.58. The van der Waals surface area contributed by atoms with Crippen LogP contribution in [0.25, 0.3) is 87.8 Å². The second-order valence-electron chi connectivity index (χ2n) is 10.6. The molecule has 0 aliphatic carbocycles. The van der Waals surface area contributed by atoms with Gasteiger partial charge >= 0.3 is 0 Å². The Labute approximate surface area is 235 Å². The minimum atomic E-state index is 0.565. The van der Waals surface area contributed by atoms with E-state index in [-0.39, 0.29) is 0 Å². The summed E-state index contributed by atoms with van der Waals surface area (Å²) in [6, 6.07) is 47.0. The normalized spacial score (nSPS) is 11.9. The minimum Gasteiger partial charge on any atom is -0.436 e. The lowest BCUT2D eigenvalue weighted by Crippen LogP contribution is -1.89. The molecular weight excluding hydrogens is 500 g/mol. The van der Waals surface area contributed by atoms with Crippen molar-refractivity contribution in [1.29, 1.82) is 0 Å². The SMILES string of the molecule is c1cc(-c2ccc3ccccc3c2)cc(-c2ccc3oc4nc5c6ccccc6c6ccccc6c5nc4c3c2)c1. The molecule has 41 heavy (non-hydrogen) atoms. The van der Waals surface area contributed by atoms with Crippen molar-refractivity contribution >= 4 is 65.6 Å². The molecule has 3 heteroatoms. The number of furan rings is 1. The zero-order valence-corrected chi connectivity index (χ0v) is 22.0. The van der Waals surface area contributed by atoms with Gasteiger partial charge in [-0.1, -0.05) is 109 Å². The van der Waals surface area contributed by atoms with E-state index in [9.17, 15) is 0 Å². The van der Waals surface area contributed by atoms with Gasteiger partial charge in [0.1, 0.15) is 16.6 Å². The number of hydrogen-bond donors (Lipinski definition) is 0. The highest BCUT2D eigenvalue weighted by Crippen LogP contribution is 2.37. The van der Waals surface area contributed by atoms with Gasteiger partial charge in [0.05, 0.1) is 5.52 Å². The van der Waals surface area contributed by atoms with Gasteiger partial charge in [0.2, 0.25) is 5.71 Å². The Morgan fingerprint density at radius 1 is 0.366 bits per heavy atom. The molecule has 0 amide bonds. The van der Waals surface area contributed by atoms with Crippen molar-refractivity contribution in [2.45, 2.75) is 0 Å². The molecule has 0 saturated heterocycles. The molecule has 190 valence electrons. The summed E-state index contributed by atoms with van der Waals surface area (Å²) in [4.78, 5) is 10.3. The fourth-order valence-electron chi connectivity index (χ4n) is 6.23. The van der Waals surface area contributed by atoms with Gasteiger partial charge in [-0.15, -0.1) is 0 Å². The van der Waals surface area contributed by atoms with E-state index in [1.165, 1.54) is 32.7 Å². The number of fused-ring (bicyclic) bond motifs is 10. The van der Waals surface area contributed by atoms with Crippen molar-refractivity contribution in [3.63, 3.8) is 0 Å². The largest absolute Gasteiger partial charge is 0.436 e. The summed E-state index contributed by atoms with van der Waals surface area (Å²) in [6.45, 7) is 0. The highest BCUT2D eigenvalue weighted by Gasteiger charge is 2.17. The van der Waals surface area contributed by atoms with Crippen LogP contribution in [0.2, 0.25) is 0 Å². The first-order valence-corrected chi connectivity index (χ1v) is 13.8. The van der Waals surface area contributed by atoms with Gasteiger partial charge in [-0.2, -0.15) is 0 Å². The quantitative estimate of drug-likeness (QED) is 0.212. The standard InChI is InChI=1S/C38H22N2O/c1-2-9-24-20-27(17-16-23(24)8-1)25-10-7-11-26(21-25)28-18-19-34-33(22-28)37-38(41-34)40-36-32-15-6-4-13-30(32)29-12-3-5-14-31(29)35(36)39-37/h1-22H. The van der Waals surface area contributed by atoms with Crippen LogP contribution in [-0.2, 0) is 0 Å². The third-order valence-corrected chi connectivity index (χ3v) is 8.24. The molecule has 0 N–H and O–H groups in total. The Balaban J connectivity index is 1.24. The predicted octanol–water partition coefficient (Wildman–Crippen LogP) is 10.3. The van der Waals surface area contributed by atoms with Crippen molar-refractivity contribution < 1.29 is 4.42 Å². The topological polar surface area (TPSA) is 38.9 Å². The van der Waals surface area contributed by atoms with Crippen molar-refractivity contribution in [1.82, 2.24) is 9.97 Å². The molecule has 7 aromatic carbocycles. The molecule has 0 radical (unpaired) electrons. The summed E-state index contributed by atoms with van der Waals surface area (Å²) >= 11 is 0. The van der Waals surface area contributed by atoms with Gasteiger partial charge < -0.3 is 4.42 Å². The summed E-state index contributed by atoms with van der Waals surface area (Å²) in [5, 5.41) is 8.01. The molecule has 0 fully saturated rings. The van der Waals surface area contributed by atoms with Crippen molar-refractivity contribution in [3.05, 3.63) is 133 Å². The number of rotatable bonds is 2. The summed E-state index contributed by atoms with van der Waals surface area (Å²) in [5.74, 6) is 0. The van der Waals surface area contributed by atoms with E-state index in [2.05, 4.69) is 127 Å². The lowest BCUT2D eigenvalue weighted by molar-refractivity contribution is 0.655. The van der Waals surface area contributed by atoms with E-state index in [4.69, 9.17) is 14.4 Å². The average molecular weight is 523 g/mol. The van der Waals surface area contributed by atoms with Gasteiger partial charge in [-0.3, -0.25) is 0 Å². The first-order chi connectivity index (χ1) is 20.3. The Morgan fingerprint density at radius 2 is 0.951 bits per heavy atom. The van der Waals surface area contributed by atoms with E-state index in [0.717, 1.165) is 49.4 Å². The maximum absolute atomic E-state index is 6.27. The fraction of sp³-hybridized carbons (Fsp3) is 0. The molecule has 9 aromatic rings. The van der Waals surface area contributed by atoms with Crippen molar-refractivity contribution in [2.24, 2.45) is 0 Å². The molecular formula is C38H22N2O. The molecule has 0 aliphatic rings. The van der Waals surface area contributed by atoms with E-state index in [0.29, 0.717) is 5.71 Å². The molecule has 0 aliphatic heterocycles. The monoisotopic (exact) mass is 522 g/mol. The van der Waals surface area contributed by atoms with Crippen molar-refractivity contribution in [2.75, 3.05) is 0 Å². The smallest absolute Gasteiger partial charge is 0.246 e. The maximum atomic E-state index is 6.27. The van der Waals surface area contributed by atoms with Crippen LogP contribution >= 0.6 is 0 Å². The van der Waals surface area contributed by atoms with Crippen LogP contribution in [0.1, 0.15) is 0 Å². The third kappa shape index (κ3) is 3.39. The third-order valence-electron chi connectivity index (χ3n) is 8.24. The summed E-state index contributed by atoms with van der Waals surface area (Å²) in [7, 11) is 0. The van der Waals surface area contributed by atoms with E-state index < -0.39 is 0 Å². The summed E-state index contributed by atoms with van der Waals surface area (Å²) < 4.78 is 6.27. The van der Waals surface area contributed by atoms with E-state index >= 15 is 0 Å². The van der Waals surface area contributed by atoms with Gasteiger partial charge in [-0.05, 0) is 68.1 Å². The minimum absolute atomic E-state index is 0.565. The van der Waals surface area contributed by atoms with Gasteiger partial charge in [0.15, 0.2) is 0 Å². The van der Waals surface area contributed by atoms with E-state index in [1.54, 1.807) is 0 Å². The van der Waals surface area contributed by atoms with Crippen LogP contribution in [0.4, 0.5) is 0 Å². The van der Waals surface area contributed by atoms with Crippen LogP contribution < -0.4 is 0 Å². The van der Waals surface area contributed by atoms with Gasteiger partial charge in [-0.25, -0.2) is 9.97 Å². The molecule has 0 unspecified atom stereocenters. The highest BCUT2D eigenvalue weighted by atomic mass is 16.3. The van der Waals surface area contributed by atoms with Crippen LogP contribution in [0, 0.1) is 0 Å². The molecule has 0 bridgehead atoms. The second kappa shape index (κ2) is 8.48. The Kier molecular flexibility index (Phi) is 4.61. The summed E-state index contributed by atoms with van der Waals surface area (Å²) in [6.07, 6.45) is 0. The zero-order valence-electron chi connectivity index (χ0n) is 22.0. The molecule has 0 spiro atoms. The zero-order chi connectivity index (χ0) is 26.9. The van der Waals surface area contributed by atoms with Crippen LogP contribution in [0.15, 0.2) is 138 Å². The lowest BCUT2D eigenvalue weighted by atomic mass is 9.97. The predicted molar refractivity (Wildman–Crippen MR) is 170 cm³/mol. The maximum Gasteiger partial charge on any atom is 0.246 e. The Bertz CT molecular complexity index is 2490. The molecule has 2 heterocycles. The number of hydrogen-bond acceptors (Lipinski definition) is 3. The molecule has 2 aromatic heterocycles. The number of nitrogens with zero attached hydrogens (tertiary/aromatic N) is 2. The number of benzene rings is 7. The number of aromatic nitrogens is 2. The van der Waals surface area contributed by atoms with Crippen LogP contribution in [0.3, 0.4) is 0 Å². The van der Waals surface area contributed by atoms with E-state index in [1.807, 2.05) is 6.07 Å². The van der Waals surface area contributed by atoms with Gasteiger partial charge in [0, 0.05) is 16.2 Å². The molecule has 9 rings (SSSR count). The lowest BCUT2D eigenvalue weighted by Gasteiger charge is -2.09. The van der Waals surface area contributed by atoms with Crippen LogP contribution in [0.5, 0.6) is 0 Å². The van der Waals surface area contributed by atoms with Crippen molar-refractivity contribution in [3.8, 4) is 22.3 Å². The average Bonchev–Trinajstić information content (AvgIpc) is 3.41. The molecule has 0 atom stereocenters. The Hall–Kier alpha value is -5.54. The van der Waals surface area contributed by atoms with Crippen LogP contribution in [-0.4, -0.2) is 9.97 Å². The molecule has 3 nitrogen and oxygen atoms in total. The van der Waals surface area contributed by atoms with Gasteiger partial charge in [0.25, 0.3) is 0 Å². The highest BCUT2D eigenvalue weighted by molar-refractivity contribution is 6.24. The molecule has 0 saturated carbocycles. The first-order valence-electron chi connectivity index (χ1n) is 13.8. The first kappa shape index (κ1) is 22.3. The Morgan fingerprint density at radius 3 is 1.71 bits per heavy atom.